The van der Waals surface area contributed by atoms with Crippen molar-refractivity contribution < 1.29 is 4.74 Å². The molecule has 0 amide bonds. The van der Waals surface area contributed by atoms with E-state index in [2.05, 4.69) is 50.0 Å². The molecule has 0 fully saturated rings. The number of rotatable bonds is 5. The Balaban J connectivity index is 2.01. The third-order valence-corrected chi connectivity index (χ3v) is 3.17. The Bertz CT molecular complexity index is 597. The van der Waals surface area contributed by atoms with Crippen LogP contribution in [-0.4, -0.2) is 6.61 Å². The van der Waals surface area contributed by atoms with Crippen molar-refractivity contribution in [3.63, 3.8) is 0 Å². The van der Waals surface area contributed by atoms with Crippen molar-refractivity contribution in [3.8, 4) is 17.6 Å². The van der Waals surface area contributed by atoms with Crippen molar-refractivity contribution in [1.82, 2.24) is 0 Å². The lowest BCUT2D eigenvalue weighted by atomic mass is 10.1. The lowest BCUT2D eigenvalue weighted by molar-refractivity contribution is 0.317. The Morgan fingerprint density at radius 2 is 1.33 bits per heavy atom. The Labute approximate surface area is 128 Å². The topological polar surface area (TPSA) is 9.23 Å². The van der Waals surface area contributed by atoms with Crippen molar-refractivity contribution in [3.05, 3.63) is 65.2 Å². The van der Waals surface area contributed by atoms with Crippen LogP contribution in [0.25, 0.3) is 0 Å². The van der Waals surface area contributed by atoms with Crippen LogP contribution in [0.3, 0.4) is 0 Å². The summed E-state index contributed by atoms with van der Waals surface area (Å²) in [4.78, 5) is 0. The minimum absolute atomic E-state index is 0.759. The molecule has 2 aromatic carbocycles. The van der Waals surface area contributed by atoms with Gasteiger partial charge in [-0.2, -0.15) is 0 Å². The van der Waals surface area contributed by atoms with Gasteiger partial charge in [-0.3, -0.25) is 0 Å². The first kappa shape index (κ1) is 15.2. The van der Waals surface area contributed by atoms with E-state index in [-0.39, 0.29) is 0 Å². The summed E-state index contributed by atoms with van der Waals surface area (Å²) < 4.78 is 5.56. The first-order chi connectivity index (χ1) is 10.3. The van der Waals surface area contributed by atoms with Crippen LogP contribution >= 0.6 is 0 Å². The van der Waals surface area contributed by atoms with Gasteiger partial charge in [0.25, 0.3) is 0 Å². The molecule has 0 spiro atoms. The van der Waals surface area contributed by atoms with E-state index in [1.165, 1.54) is 12.0 Å². The van der Waals surface area contributed by atoms with Gasteiger partial charge in [-0.1, -0.05) is 44.2 Å². The zero-order valence-corrected chi connectivity index (χ0v) is 12.9. The molecule has 0 aromatic heterocycles. The van der Waals surface area contributed by atoms with Crippen molar-refractivity contribution in [2.75, 3.05) is 6.61 Å². The van der Waals surface area contributed by atoms with Crippen molar-refractivity contribution in [2.45, 2.75) is 33.1 Å². The summed E-state index contributed by atoms with van der Waals surface area (Å²) in [6.07, 6.45) is 3.33. The van der Waals surface area contributed by atoms with E-state index in [9.17, 15) is 0 Å². The minimum atomic E-state index is 0.759. The van der Waals surface area contributed by atoms with E-state index in [4.69, 9.17) is 4.74 Å². The van der Waals surface area contributed by atoms with Gasteiger partial charge >= 0.3 is 0 Å². The predicted molar refractivity (Wildman–Crippen MR) is 88.6 cm³/mol. The number of hydrogen-bond donors (Lipinski definition) is 0. The first-order valence-corrected chi connectivity index (χ1v) is 7.65. The Hall–Kier alpha value is -2.20. The molecule has 2 aromatic rings. The second kappa shape index (κ2) is 8.17. The van der Waals surface area contributed by atoms with Crippen LogP contribution in [0.1, 0.15) is 43.4 Å². The zero-order valence-electron chi connectivity index (χ0n) is 12.9. The largest absolute Gasteiger partial charge is 0.494 e. The highest BCUT2D eigenvalue weighted by Gasteiger charge is 1.93. The summed E-state index contributed by atoms with van der Waals surface area (Å²) in [6.45, 7) is 5.06. The Kier molecular flexibility index (Phi) is 5.91. The summed E-state index contributed by atoms with van der Waals surface area (Å²) in [7, 11) is 0. The molecule has 0 heterocycles. The minimum Gasteiger partial charge on any atom is -0.494 e. The standard InChI is InChI=1S/C20H22O/c1-3-5-17-6-8-18(9-7-17)10-11-19-12-14-20(15-13-19)21-16-4-2/h6-9,12-15H,3-5,16H2,1-2H3. The van der Waals surface area contributed by atoms with E-state index < -0.39 is 0 Å². The maximum atomic E-state index is 5.56. The monoisotopic (exact) mass is 278 g/mol. The molecule has 0 saturated heterocycles. The third-order valence-electron chi connectivity index (χ3n) is 3.17. The van der Waals surface area contributed by atoms with Crippen LogP contribution in [-0.2, 0) is 6.42 Å². The van der Waals surface area contributed by atoms with Gasteiger partial charge in [-0.25, -0.2) is 0 Å². The maximum Gasteiger partial charge on any atom is 0.119 e. The molecule has 2 rings (SSSR count). The fraction of sp³-hybridized carbons (Fsp3) is 0.300. The lowest BCUT2D eigenvalue weighted by Crippen LogP contribution is -1.94. The molecule has 1 nitrogen and oxygen atoms in total. The molecule has 0 aliphatic heterocycles. The second-order valence-electron chi connectivity index (χ2n) is 5.07. The van der Waals surface area contributed by atoms with Gasteiger partial charge in [0, 0.05) is 11.1 Å². The maximum absolute atomic E-state index is 5.56. The van der Waals surface area contributed by atoms with E-state index in [1.807, 2.05) is 24.3 Å². The Morgan fingerprint density at radius 3 is 1.86 bits per heavy atom. The van der Waals surface area contributed by atoms with Crippen molar-refractivity contribution >= 4 is 0 Å². The number of ether oxygens (including phenoxy) is 1. The molecule has 0 N–H and O–H groups in total. The van der Waals surface area contributed by atoms with E-state index >= 15 is 0 Å². The fourth-order valence-electron chi connectivity index (χ4n) is 2.04. The molecular formula is C20H22O. The molecule has 0 aliphatic carbocycles. The highest BCUT2D eigenvalue weighted by atomic mass is 16.5. The summed E-state index contributed by atoms with van der Waals surface area (Å²) in [6, 6.07) is 16.5. The number of aryl methyl sites for hydroxylation is 1. The second-order valence-corrected chi connectivity index (χ2v) is 5.07. The molecule has 0 bridgehead atoms. The van der Waals surface area contributed by atoms with Crippen LogP contribution in [0.15, 0.2) is 48.5 Å². The molecule has 0 atom stereocenters. The SMILES string of the molecule is CCCOc1ccc(C#Cc2ccc(CCC)cc2)cc1. The van der Waals surface area contributed by atoms with Crippen LogP contribution < -0.4 is 4.74 Å². The molecule has 0 unspecified atom stereocenters. The van der Waals surface area contributed by atoms with Gasteiger partial charge in [-0.05, 0) is 54.8 Å². The molecule has 0 radical (unpaired) electrons. The van der Waals surface area contributed by atoms with E-state index in [0.717, 1.165) is 36.3 Å². The number of benzene rings is 2. The molecule has 108 valence electrons. The molecule has 0 saturated carbocycles. The van der Waals surface area contributed by atoms with Crippen LogP contribution in [0.5, 0.6) is 5.75 Å². The van der Waals surface area contributed by atoms with Gasteiger partial charge in [0.2, 0.25) is 0 Å². The summed E-state index contributed by atoms with van der Waals surface area (Å²) in [5.74, 6) is 7.30. The lowest BCUT2D eigenvalue weighted by Gasteiger charge is -2.03. The highest BCUT2D eigenvalue weighted by molar-refractivity contribution is 5.44. The smallest absolute Gasteiger partial charge is 0.119 e. The van der Waals surface area contributed by atoms with Crippen LogP contribution in [0, 0.1) is 11.8 Å². The van der Waals surface area contributed by atoms with Crippen molar-refractivity contribution in [1.29, 1.82) is 0 Å². The predicted octanol–water partition coefficient (Wildman–Crippen LogP) is 4.83. The quantitative estimate of drug-likeness (QED) is 0.712. The normalized spacial score (nSPS) is 9.81. The molecule has 21 heavy (non-hydrogen) atoms. The van der Waals surface area contributed by atoms with Gasteiger partial charge in [0.15, 0.2) is 0 Å². The zero-order chi connectivity index (χ0) is 14.9. The van der Waals surface area contributed by atoms with Gasteiger partial charge in [0.05, 0.1) is 6.61 Å². The molecule has 1 heteroatoms. The third kappa shape index (κ3) is 5.00. The van der Waals surface area contributed by atoms with Crippen LogP contribution in [0.2, 0.25) is 0 Å². The average Bonchev–Trinajstić information content (AvgIpc) is 2.53. The summed E-state index contributed by atoms with van der Waals surface area (Å²) in [5, 5.41) is 0. The average molecular weight is 278 g/mol. The highest BCUT2D eigenvalue weighted by Crippen LogP contribution is 2.12. The Morgan fingerprint density at radius 1 is 0.762 bits per heavy atom. The van der Waals surface area contributed by atoms with Gasteiger partial charge < -0.3 is 4.74 Å². The first-order valence-electron chi connectivity index (χ1n) is 7.65. The molecule has 0 aliphatic rings. The van der Waals surface area contributed by atoms with Gasteiger partial charge in [-0.15, -0.1) is 0 Å². The number of hydrogen-bond acceptors (Lipinski definition) is 1. The summed E-state index contributed by atoms with van der Waals surface area (Å²) in [5.41, 5.74) is 3.44. The van der Waals surface area contributed by atoms with Gasteiger partial charge in [0.1, 0.15) is 5.75 Å². The van der Waals surface area contributed by atoms with Crippen molar-refractivity contribution in [2.24, 2.45) is 0 Å². The fourth-order valence-corrected chi connectivity index (χ4v) is 2.04. The van der Waals surface area contributed by atoms with E-state index in [1.54, 1.807) is 0 Å². The van der Waals surface area contributed by atoms with Crippen LogP contribution in [0.4, 0.5) is 0 Å². The summed E-state index contributed by atoms with van der Waals surface area (Å²) >= 11 is 0. The molecular weight excluding hydrogens is 256 g/mol. The van der Waals surface area contributed by atoms with E-state index in [0.29, 0.717) is 0 Å².